The average Bonchev–Trinajstić information content (AvgIpc) is 2.29. The van der Waals surface area contributed by atoms with E-state index in [1.54, 1.807) is 0 Å². The molecule has 0 aliphatic rings. The second kappa shape index (κ2) is 8.93. The molecule has 1 rings (SSSR count). The van der Waals surface area contributed by atoms with Gasteiger partial charge in [-0.3, -0.25) is 10.1 Å². The van der Waals surface area contributed by atoms with E-state index in [0.717, 1.165) is 12.1 Å². The maximum atomic E-state index is 10.3. The standard InChI is InChI=1S/C7H5NO4.C4H6O2.Zn/c9-7(10)5-3-1-2-4-6(5)8(11)12;1-3(2)4(5)6;/h1-4H,(H,9,10);1H2,2H3,(H,5,6);/q;;+2/p-2. The Kier molecular flexibility index (Phi) is 9.06. The summed E-state index contributed by atoms with van der Waals surface area (Å²) in [5.41, 5.74) is -0.782. The van der Waals surface area contributed by atoms with Gasteiger partial charge < -0.3 is 19.8 Å². The molecule has 0 heterocycles. The van der Waals surface area contributed by atoms with Crippen LogP contribution >= 0.6 is 0 Å². The van der Waals surface area contributed by atoms with Crippen molar-refractivity contribution in [2.24, 2.45) is 0 Å². The third-order valence-corrected chi connectivity index (χ3v) is 1.67. The van der Waals surface area contributed by atoms with Crippen LogP contribution in [-0.4, -0.2) is 16.9 Å². The zero-order chi connectivity index (χ0) is 14.3. The molecule has 0 aliphatic carbocycles. The Balaban J connectivity index is 0. The van der Waals surface area contributed by atoms with Gasteiger partial charge in [0.2, 0.25) is 0 Å². The number of nitro groups is 1. The number of carbonyl (C=O) groups is 2. The zero-order valence-corrected chi connectivity index (χ0v) is 13.1. The quantitative estimate of drug-likeness (QED) is 0.313. The van der Waals surface area contributed by atoms with Gasteiger partial charge in [0.15, 0.2) is 0 Å². The van der Waals surface area contributed by atoms with Gasteiger partial charge in [-0.25, -0.2) is 0 Å². The molecule has 0 spiro atoms. The van der Waals surface area contributed by atoms with Gasteiger partial charge in [-0.05, 0) is 18.6 Å². The minimum Gasteiger partial charge on any atom is -0.545 e. The first-order chi connectivity index (χ1) is 8.27. The van der Waals surface area contributed by atoms with Crippen molar-refractivity contribution in [2.75, 3.05) is 0 Å². The summed E-state index contributed by atoms with van der Waals surface area (Å²) in [7, 11) is 0. The zero-order valence-electron chi connectivity index (χ0n) is 10.1. The summed E-state index contributed by atoms with van der Waals surface area (Å²) in [6.45, 7) is 4.48. The number of hydrogen-bond acceptors (Lipinski definition) is 6. The summed E-state index contributed by atoms with van der Waals surface area (Å²) in [4.78, 5) is 29.3. The van der Waals surface area contributed by atoms with Crippen molar-refractivity contribution in [1.82, 2.24) is 0 Å². The van der Waals surface area contributed by atoms with Crippen LogP contribution in [0, 0.1) is 10.1 Å². The van der Waals surface area contributed by atoms with Gasteiger partial charge >= 0.3 is 19.5 Å². The van der Waals surface area contributed by atoms with Gasteiger partial charge in [-0.15, -0.1) is 0 Å². The molecule has 19 heavy (non-hydrogen) atoms. The van der Waals surface area contributed by atoms with Gasteiger partial charge in [0.05, 0.1) is 22.4 Å². The van der Waals surface area contributed by atoms with Crippen LogP contribution in [-0.2, 0) is 24.3 Å². The molecular weight excluding hydrogens is 308 g/mol. The third kappa shape index (κ3) is 7.05. The SMILES string of the molecule is C=C(C)C(=O)[O-].O=C([O-])c1ccccc1[N+](=O)[O-].[Zn+2]. The molecule has 1 aromatic rings. The summed E-state index contributed by atoms with van der Waals surface area (Å²) < 4.78 is 0. The van der Waals surface area contributed by atoms with Gasteiger partial charge in [0, 0.05) is 6.07 Å². The number of nitrogens with zero attached hydrogens (tertiary/aromatic N) is 1. The number of aliphatic carboxylic acids is 1. The largest absolute Gasteiger partial charge is 2.00 e. The topological polar surface area (TPSA) is 123 Å². The van der Waals surface area contributed by atoms with Crippen molar-refractivity contribution in [3.8, 4) is 0 Å². The molecule has 0 fully saturated rings. The van der Waals surface area contributed by atoms with E-state index in [4.69, 9.17) is 0 Å². The van der Waals surface area contributed by atoms with Crippen LogP contribution in [0.1, 0.15) is 17.3 Å². The molecule has 0 saturated heterocycles. The summed E-state index contributed by atoms with van der Waals surface area (Å²) >= 11 is 0. The molecule has 0 bridgehead atoms. The van der Waals surface area contributed by atoms with Crippen molar-refractivity contribution in [2.45, 2.75) is 6.92 Å². The van der Waals surface area contributed by atoms with Crippen molar-refractivity contribution in [3.05, 3.63) is 52.1 Å². The fourth-order valence-corrected chi connectivity index (χ4v) is 0.805. The van der Waals surface area contributed by atoms with E-state index in [0.29, 0.717) is 0 Å². The fourth-order valence-electron chi connectivity index (χ4n) is 0.805. The summed E-state index contributed by atoms with van der Waals surface area (Å²) in [5.74, 6) is -2.72. The van der Waals surface area contributed by atoms with E-state index in [-0.39, 0.29) is 25.1 Å². The molecule has 1 aromatic carbocycles. The smallest absolute Gasteiger partial charge is 0.545 e. The van der Waals surface area contributed by atoms with Crippen LogP contribution in [0.25, 0.3) is 0 Å². The normalized spacial score (nSPS) is 8.26. The summed E-state index contributed by atoms with van der Waals surface area (Å²) in [5, 5.41) is 30.0. The number of hydrogen-bond donors (Lipinski definition) is 0. The Labute approximate surface area is 121 Å². The number of nitro benzene ring substituents is 1. The summed E-state index contributed by atoms with van der Waals surface area (Å²) in [6.07, 6.45) is 0. The van der Waals surface area contributed by atoms with Gasteiger partial charge in [0.1, 0.15) is 0 Å². The molecule has 0 aromatic heterocycles. The number of rotatable bonds is 3. The third-order valence-electron chi connectivity index (χ3n) is 1.67. The number of carbonyl (C=O) groups excluding carboxylic acids is 2. The number of carboxylic acids is 2. The monoisotopic (exact) mass is 315 g/mol. The molecule has 96 valence electrons. The van der Waals surface area contributed by atoms with Crippen LogP contribution in [0.15, 0.2) is 36.4 Å². The second-order valence-corrected chi connectivity index (χ2v) is 3.13. The van der Waals surface area contributed by atoms with E-state index in [2.05, 4.69) is 6.58 Å². The average molecular weight is 317 g/mol. The Bertz CT molecular complexity index is 455. The number of benzene rings is 1. The minimum atomic E-state index is -1.54. The molecule has 7 nitrogen and oxygen atoms in total. The van der Waals surface area contributed by atoms with Crippen LogP contribution in [0.2, 0.25) is 0 Å². The number of carboxylic acid groups (broad SMARTS) is 2. The molecule has 0 radical (unpaired) electrons. The Morgan fingerprint density at radius 3 is 1.89 bits per heavy atom. The first-order valence-corrected chi connectivity index (χ1v) is 4.59. The van der Waals surface area contributed by atoms with Gasteiger partial charge in [-0.2, -0.15) is 0 Å². The van der Waals surface area contributed by atoms with Crippen LogP contribution in [0.5, 0.6) is 0 Å². The predicted octanol–water partition coefficient (Wildman–Crippen LogP) is -0.732. The van der Waals surface area contributed by atoms with Crippen molar-refractivity contribution in [1.29, 1.82) is 0 Å². The van der Waals surface area contributed by atoms with E-state index < -0.39 is 28.1 Å². The van der Waals surface area contributed by atoms with Gasteiger partial charge in [-0.1, -0.05) is 18.7 Å². The van der Waals surface area contributed by atoms with Crippen molar-refractivity contribution >= 4 is 17.6 Å². The van der Waals surface area contributed by atoms with Crippen molar-refractivity contribution in [3.63, 3.8) is 0 Å². The van der Waals surface area contributed by atoms with E-state index in [1.807, 2.05) is 0 Å². The van der Waals surface area contributed by atoms with E-state index >= 15 is 0 Å². The van der Waals surface area contributed by atoms with Crippen LogP contribution < -0.4 is 10.2 Å². The van der Waals surface area contributed by atoms with Crippen LogP contribution in [0.4, 0.5) is 5.69 Å². The minimum absolute atomic E-state index is 0. The first-order valence-electron chi connectivity index (χ1n) is 4.59. The molecule has 0 N–H and O–H groups in total. The maximum Gasteiger partial charge on any atom is 2.00 e. The van der Waals surface area contributed by atoms with Crippen molar-refractivity contribution < 1.29 is 44.2 Å². The number of aromatic carboxylic acids is 1. The number of para-hydroxylation sites is 1. The Morgan fingerprint density at radius 2 is 1.63 bits per heavy atom. The molecule has 0 saturated carbocycles. The van der Waals surface area contributed by atoms with E-state index in [1.165, 1.54) is 19.1 Å². The molecule has 0 aliphatic heterocycles. The maximum absolute atomic E-state index is 10.3. The fraction of sp³-hybridized carbons (Fsp3) is 0.0909. The van der Waals surface area contributed by atoms with E-state index in [9.17, 15) is 29.9 Å². The molecule has 0 atom stereocenters. The Hall–Kier alpha value is -2.08. The Morgan fingerprint density at radius 1 is 1.21 bits per heavy atom. The van der Waals surface area contributed by atoms with Gasteiger partial charge in [0.25, 0.3) is 5.69 Å². The molecular formula is C11H9NO6Zn. The predicted molar refractivity (Wildman–Crippen MR) is 57.2 cm³/mol. The molecule has 0 unspecified atom stereocenters. The molecule has 0 amide bonds. The van der Waals surface area contributed by atoms with Crippen LogP contribution in [0.3, 0.4) is 0 Å². The molecule has 8 heteroatoms. The summed E-state index contributed by atoms with van der Waals surface area (Å²) in [6, 6.07) is 5.04. The first kappa shape index (κ1) is 19.3. The second-order valence-electron chi connectivity index (χ2n) is 3.13.